The van der Waals surface area contributed by atoms with E-state index in [9.17, 15) is 14.7 Å². The number of fused-ring (bicyclic) bond motifs is 4. The van der Waals surface area contributed by atoms with Gasteiger partial charge in [0.25, 0.3) is 0 Å². The van der Waals surface area contributed by atoms with Gasteiger partial charge in [-0.15, -0.1) is 0 Å². The Labute approximate surface area is 168 Å². The quantitative estimate of drug-likeness (QED) is 0.723. The van der Waals surface area contributed by atoms with Gasteiger partial charge in [-0.05, 0) is 24.1 Å². The Morgan fingerprint density at radius 1 is 1.10 bits per heavy atom. The number of benzene rings is 2. The van der Waals surface area contributed by atoms with E-state index in [-0.39, 0.29) is 30.9 Å². The predicted molar refractivity (Wildman–Crippen MR) is 109 cm³/mol. The number of H-pyrrole nitrogens is 1. The molecule has 0 unspecified atom stereocenters. The lowest BCUT2D eigenvalue weighted by molar-refractivity contribution is -0.160. The van der Waals surface area contributed by atoms with E-state index in [0.29, 0.717) is 6.42 Å². The normalized spacial score (nSPS) is 22.6. The highest BCUT2D eigenvalue weighted by Gasteiger charge is 2.46. The van der Waals surface area contributed by atoms with Crippen LogP contribution in [0.5, 0.6) is 0 Å². The molecule has 3 atom stereocenters. The molecule has 2 aromatic carbocycles. The van der Waals surface area contributed by atoms with Gasteiger partial charge >= 0.3 is 0 Å². The Morgan fingerprint density at radius 2 is 1.83 bits per heavy atom. The minimum atomic E-state index is -0.816. The minimum absolute atomic E-state index is 0.000864. The lowest BCUT2D eigenvalue weighted by Gasteiger charge is -2.46. The fourth-order valence-electron chi connectivity index (χ4n) is 4.77. The number of piperazine rings is 1. The zero-order valence-electron chi connectivity index (χ0n) is 16.2. The van der Waals surface area contributed by atoms with Crippen molar-refractivity contribution in [1.29, 1.82) is 0 Å². The summed E-state index contributed by atoms with van der Waals surface area (Å²) < 4.78 is 0. The molecule has 1 fully saturated rings. The molecule has 2 aliphatic heterocycles. The SMILES string of the molecule is C[C@H]1c2[nH]c3ccccc3c2C[C@H]2C(=O)N(C[C@H](O)c3ccccc3)CC(=O)N21. The topological polar surface area (TPSA) is 76.6 Å². The number of aliphatic hydroxyl groups excluding tert-OH is 1. The predicted octanol–water partition coefficient (Wildman–Crippen LogP) is 2.56. The van der Waals surface area contributed by atoms with Gasteiger partial charge in [-0.2, -0.15) is 0 Å². The summed E-state index contributed by atoms with van der Waals surface area (Å²) in [6.45, 7) is 2.09. The molecule has 1 aromatic heterocycles. The lowest BCUT2D eigenvalue weighted by atomic mass is 9.89. The lowest BCUT2D eigenvalue weighted by Crippen LogP contribution is -2.62. The van der Waals surface area contributed by atoms with E-state index in [1.165, 1.54) is 4.90 Å². The van der Waals surface area contributed by atoms with Gasteiger partial charge in [0, 0.05) is 23.0 Å². The third-order valence-electron chi connectivity index (χ3n) is 6.20. The molecule has 0 spiro atoms. The van der Waals surface area contributed by atoms with Crippen molar-refractivity contribution in [3.63, 3.8) is 0 Å². The monoisotopic (exact) mass is 389 g/mol. The molecule has 29 heavy (non-hydrogen) atoms. The number of carbonyl (C=O) groups excluding carboxylic acids is 2. The first-order chi connectivity index (χ1) is 14.0. The number of β-amino-alcohol motifs (C(OH)–C–C–N with tert-alkyl or cyclic N) is 1. The van der Waals surface area contributed by atoms with Crippen LogP contribution in [0.15, 0.2) is 54.6 Å². The number of hydrogen-bond acceptors (Lipinski definition) is 3. The number of amides is 2. The summed E-state index contributed by atoms with van der Waals surface area (Å²) in [6, 6.07) is 16.6. The molecule has 6 heteroatoms. The van der Waals surface area contributed by atoms with Crippen LogP contribution in [-0.2, 0) is 16.0 Å². The highest BCUT2D eigenvalue weighted by molar-refractivity contribution is 5.97. The number of hydrogen-bond donors (Lipinski definition) is 2. The van der Waals surface area contributed by atoms with Crippen molar-refractivity contribution >= 4 is 22.7 Å². The maximum atomic E-state index is 13.3. The van der Waals surface area contributed by atoms with Crippen LogP contribution in [0.25, 0.3) is 10.9 Å². The number of carbonyl (C=O) groups is 2. The maximum Gasteiger partial charge on any atom is 0.246 e. The van der Waals surface area contributed by atoms with Crippen molar-refractivity contribution in [2.24, 2.45) is 0 Å². The Hall–Kier alpha value is -3.12. The molecule has 148 valence electrons. The second-order valence-electron chi connectivity index (χ2n) is 7.90. The first kappa shape index (κ1) is 17.9. The summed E-state index contributed by atoms with van der Waals surface area (Å²) in [5, 5.41) is 11.7. The molecule has 0 radical (unpaired) electrons. The van der Waals surface area contributed by atoms with Crippen molar-refractivity contribution in [1.82, 2.24) is 14.8 Å². The standard InChI is InChI=1S/C23H23N3O3/c1-14-22-17(16-9-5-6-10-18(16)24-22)11-19-23(29)25(13-21(28)26(14)19)12-20(27)15-7-3-2-4-8-15/h2-10,14,19-20,24,27H,11-13H2,1H3/t14-,19-,20-/m0/s1. The molecule has 0 saturated carbocycles. The molecule has 5 rings (SSSR count). The average molecular weight is 389 g/mol. The van der Waals surface area contributed by atoms with Crippen LogP contribution in [0.4, 0.5) is 0 Å². The second kappa shape index (κ2) is 6.74. The van der Waals surface area contributed by atoms with E-state index in [1.807, 2.05) is 55.5 Å². The van der Waals surface area contributed by atoms with E-state index in [4.69, 9.17) is 0 Å². The van der Waals surface area contributed by atoms with E-state index < -0.39 is 12.1 Å². The smallest absolute Gasteiger partial charge is 0.246 e. The number of nitrogens with one attached hydrogen (secondary N) is 1. The highest BCUT2D eigenvalue weighted by atomic mass is 16.3. The first-order valence-corrected chi connectivity index (χ1v) is 9.97. The fourth-order valence-corrected chi connectivity index (χ4v) is 4.77. The van der Waals surface area contributed by atoms with Crippen LogP contribution in [0, 0.1) is 0 Å². The highest BCUT2D eigenvalue weighted by Crippen LogP contribution is 2.39. The number of nitrogens with zero attached hydrogens (tertiary/aromatic N) is 2. The first-order valence-electron chi connectivity index (χ1n) is 9.97. The summed E-state index contributed by atoms with van der Waals surface area (Å²) >= 11 is 0. The molecule has 2 aliphatic rings. The summed E-state index contributed by atoms with van der Waals surface area (Å²) in [7, 11) is 0. The van der Waals surface area contributed by atoms with Crippen molar-refractivity contribution in [3.05, 3.63) is 71.4 Å². The second-order valence-corrected chi connectivity index (χ2v) is 7.90. The number of rotatable bonds is 3. The molecule has 2 N–H and O–H groups in total. The zero-order chi connectivity index (χ0) is 20.1. The molecule has 2 amide bonds. The number of aromatic amines is 1. The van der Waals surface area contributed by atoms with Crippen LogP contribution in [0.3, 0.4) is 0 Å². The third-order valence-corrected chi connectivity index (χ3v) is 6.20. The van der Waals surface area contributed by atoms with Crippen LogP contribution < -0.4 is 0 Å². The van der Waals surface area contributed by atoms with Gasteiger partial charge in [-0.1, -0.05) is 48.5 Å². The van der Waals surface area contributed by atoms with Crippen molar-refractivity contribution < 1.29 is 14.7 Å². The molecule has 3 heterocycles. The molecule has 1 saturated heterocycles. The number of aliphatic hydroxyl groups is 1. The van der Waals surface area contributed by atoms with Gasteiger partial charge in [0.15, 0.2) is 0 Å². The Bertz CT molecular complexity index is 1090. The molecule has 0 aliphatic carbocycles. The summed E-state index contributed by atoms with van der Waals surface area (Å²) in [4.78, 5) is 32.9. The van der Waals surface area contributed by atoms with E-state index in [2.05, 4.69) is 11.1 Å². The maximum absolute atomic E-state index is 13.3. The van der Waals surface area contributed by atoms with Crippen molar-refractivity contribution in [2.45, 2.75) is 31.5 Å². The summed E-state index contributed by atoms with van der Waals surface area (Å²) in [5.41, 5.74) is 3.90. The van der Waals surface area contributed by atoms with Crippen LogP contribution in [-0.4, -0.2) is 50.8 Å². The molecule has 3 aromatic rings. The van der Waals surface area contributed by atoms with E-state index in [0.717, 1.165) is 27.7 Å². The Balaban J connectivity index is 1.45. The molecular formula is C23H23N3O3. The van der Waals surface area contributed by atoms with E-state index >= 15 is 0 Å². The minimum Gasteiger partial charge on any atom is -0.387 e. The Kier molecular flexibility index (Phi) is 4.17. The van der Waals surface area contributed by atoms with Crippen molar-refractivity contribution in [2.75, 3.05) is 13.1 Å². The average Bonchev–Trinajstić information content (AvgIpc) is 3.11. The van der Waals surface area contributed by atoms with Gasteiger partial charge < -0.3 is 19.9 Å². The largest absolute Gasteiger partial charge is 0.387 e. The van der Waals surface area contributed by atoms with Crippen molar-refractivity contribution in [3.8, 4) is 0 Å². The van der Waals surface area contributed by atoms with Gasteiger partial charge in [0.1, 0.15) is 6.04 Å². The fraction of sp³-hybridized carbons (Fsp3) is 0.304. The van der Waals surface area contributed by atoms with Gasteiger partial charge in [-0.3, -0.25) is 9.59 Å². The third kappa shape index (κ3) is 2.83. The van der Waals surface area contributed by atoms with Gasteiger partial charge in [0.2, 0.25) is 11.8 Å². The summed E-state index contributed by atoms with van der Waals surface area (Å²) in [6.07, 6.45) is -0.323. The molecule has 6 nitrogen and oxygen atoms in total. The van der Waals surface area contributed by atoms with Gasteiger partial charge in [-0.25, -0.2) is 0 Å². The number of aromatic nitrogens is 1. The van der Waals surface area contributed by atoms with Crippen LogP contribution >= 0.6 is 0 Å². The molecular weight excluding hydrogens is 366 g/mol. The zero-order valence-corrected chi connectivity index (χ0v) is 16.2. The molecule has 0 bridgehead atoms. The Morgan fingerprint density at radius 3 is 2.62 bits per heavy atom. The number of para-hydroxylation sites is 1. The van der Waals surface area contributed by atoms with Crippen LogP contribution in [0.1, 0.15) is 35.9 Å². The van der Waals surface area contributed by atoms with E-state index in [1.54, 1.807) is 4.90 Å². The summed E-state index contributed by atoms with van der Waals surface area (Å²) in [5.74, 6) is -0.172. The van der Waals surface area contributed by atoms with Crippen LogP contribution in [0.2, 0.25) is 0 Å². The van der Waals surface area contributed by atoms with Gasteiger partial charge in [0.05, 0.1) is 25.2 Å².